The van der Waals surface area contributed by atoms with E-state index in [1.54, 1.807) is 12.1 Å². The molecule has 0 unspecified atom stereocenters. The van der Waals surface area contributed by atoms with Crippen molar-refractivity contribution in [2.24, 2.45) is 0 Å². The van der Waals surface area contributed by atoms with Crippen LogP contribution in [0.1, 0.15) is 21.5 Å². The maximum atomic E-state index is 12.1. The first-order valence-corrected chi connectivity index (χ1v) is 8.25. The first-order chi connectivity index (χ1) is 12.5. The number of carbonyl (C=O) groups excluding carboxylic acids is 3. The van der Waals surface area contributed by atoms with E-state index >= 15 is 0 Å². The molecule has 2 N–H and O–H groups in total. The Morgan fingerprint density at radius 1 is 1.00 bits per heavy atom. The minimum atomic E-state index is -0.814. The summed E-state index contributed by atoms with van der Waals surface area (Å²) >= 11 is 0. The van der Waals surface area contributed by atoms with Crippen LogP contribution in [-0.4, -0.2) is 37.5 Å². The predicted octanol–water partition coefficient (Wildman–Crippen LogP) is 1.63. The zero-order valence-corrected chi connectivity index (χ0v) is 14.8. The average molecular weight is 354 g/mol. The summed E-state index contributed by atoms with van der Waals surface area (Å²) in [6.45, 7) is 1.70. The van der Waals surface area contributed by atoms with E-state index in [0.29, 0.717) is 12.0 Å². The number of ether oxygens (including phenoxy) is 1. The molecule has 2 aromatic rings. The second-order valence-electron chi connectivity index (χ2n) is 5.88. The lowest BCUT2D eigenvalue weighted by Gasteiger charge is -2.17. The molecule has 2 aromatic carbocycles. The molecule has 0 spiro atoms. The van der Waals surface area contributed by atoms with Gasteiger partial charge in [0.25, 0.3) is 5.91 Å². The highest BCUT2D eigenvalue weighted by Gasteiger charge is 2.22. The van der Waals surface area contributed by atoms with Gasteiger partial charge >= 0.3 is 5.97 Å². The minimum Gasteiger partial charge on any atom is -0.467 e. The van der Waals surface area contributed by atoms with Gasteiger partial charge in [0, 0.05) is 12.0 Å². The van der Waals surface area contributed by atoms with E-state index in [9.17, 15) is 14.4 Å². The molecule has 2 rings (SSSR count). The fourth-order valence-corrected chi connectivity index (χ4v) is 2.40. The van der Waals surface area contributed by atoms with Gasteiger partial charge in [0.05, 0.1) is 13.7 Å². The van der Waals surface area contributed by atoms with Gasteiger partial charge in [-0.15, -0.1) is 0 Å². The number of carbonyl (C=O) groups is 3. The number of methoxy groups -OCH3 is 1. The molecule has 0 fully saturated rings. The lowest BCUT2D eigenvalue weighted by atomic mass is 10.1. The molecule has 2 amide bonds. The average Bonchev–Trinajstić information content (AvgIpc) is 2.66. The van der Waals surface area contributed by atoms with Crippen molar-refractivity contribution in [3.05, 3.63) is 71.3 Å². The van der Waals surface area contributed by atoms with Crippen LogP contribution >= 0.6 is 0 Å². The summed E-state index contributed by atoms with van der Waals surface area (Å²) in [6, 6.07) is 15.5. The second-order valence-corrected chi connectivity index (χ2v) is 5.88. The first-order valence-electron chi connectivity index (χ1n) is 8.25. The number of amides is 2. The van der Waals surface area contributed by atoms with E-state index in [-0.39, 0.29) is 12.5 Å². The van der Waals surface area contributed by atoms with Gasteiger partial charge < -0.3 is 15.4 Å². The Morgan fingerprint density at radius 3 is 2.27 bits per heavy atom. The molecule has 0 saturated carbocycles. The van der Waals surface area contributed by atoms with Gasteiger partial charge in [0.15, 0.2) is 0 Å². The molecule has 26 heavy (non-hydrogen) atoms. The normalized spacial score (nSPS) is 11.3. The van der Waals surface area contributed by atoms with E-state index in [0.717, 1.165) is 11.1 Å². The van der Waals surface area contributed by atoms with Crippen molar-refractivity contribution in [1.29, 1.82) is 0 Å². The SMILES string of the molecule is COC(=O)[C@H](Cc1ccccc1)NC(=O)CNC(=O)c1ccc(C)cc1. The monoisotopic (exact) mass is 354 g/mol. The molecule has 1 atom stereocenters. The summed E-state index contributed by atoms with van der Waals surface area (Å²) in [7, 11) is 1.27. The van der Waals surface area contributed by atoms with Gasteiger partial charge in [-0.2, -0.15) is 0 Å². The molecule has 136 valence electrons. The molecule has 0 heterocycles. The summed E-state index contributed by atoms with van der Waals surface area (Å²) in [5.41, 5.74) is 2.41. The summed E-state index contributed by atoms with van der Waals surface area (Å²) in [4.78, 5) is 36.1. The molecule has 6 nitrogen and oxygen atoms in total. The molecule has 0 aromatic heterocycles. The van der Waals surface area contributed by atoms with E-state index in [1.165, 1.54) is 7.11 Å². The molecule has 6 heteroatoms. The number of aryl methyl sites for hydroxylation is 1. The number of benzene rings is 2. The van der Waals surface area contributed by atoms with Crippen LogP contribution in [0.4, 0.5) is 0 Å². The van der Waals surface area contributed by atoms with Gasteiger partial charge in [-0.3, -0.25) is 9.59 Å². The van der Waals surface area contributed by atoms with Crippen LogP contribution in [0.25, 0.3) is 0 Å². The molecule has 0 radical (unpaired) electrons. The highest BCUT2D eigenvalue weighted by molar-refractivity contribution is 5.96. The summed E-state index contributed by atoms with van der Waals surface area (Å²) in [5.74, 6) is -1.35. The Labute approximate surface area is 152 Å². The van der Waals surface area contributed by atoms with Gasteiger partial charge in [0.1, 0.15) is 6.04 Å². The van der Waals surface area contributed by atoms with Gasteiger partial charge in [-0.25, -0.2) is 4.79 Å². The molecule has 0 aliphatic heterocycles. The van der Waals surface area contributed by atoms with Crippen molar-refractivity contribution in [2.45, 2.75) is 19.4 Å². The third-order valence-corrected chi connectivity index (χ3v) is 3.83. The van der Waals surface area contributed by atoms with E-state index in [1.807, 2.05) is 49.4 Å². The number of nitrogens with one attached hydrogen (secondary N) is 2. The van der Waals surface area contributed by atoms with E-state index in [2.05, 4.69) is 10.6 Å². The quantitative estimate of drug-likeness (QED) is 0.740. The third-order valence-electron chi connectivity index (χ3n) is 3.83. The summed E-state index contributed by atoms with van der Waals surface area (Å²) < 4.78 is 4.75. The van der Waals surface area contributed by atoms with Crippen molar-refractivity contribution >= 4 is 17.8 Å². The maximum absolute atomic E-state index is 12.1. The highest BCUT2D eigenvalue weighted by atomic mass is 16.5. The van der Waals surface area contributed by atoms with Gasteiger partial charge in [0.2, 0.25) is 5.91 Å². The van der Waals surface area contributed by atoms with Crippen molar-refractivity contribution in [1.82, 2.24) is 10.6 Å². The fraction of sp³-hybridized carbons (Fsp3) is 0.250. The Kier molecular flexibility index (Phi) is 6.91. The van der Waals surface area contributed by atoms with Crippen LogP contribution in [0.5, 0.6) is 0 Å². The number of rotatable bonds is 7. The first kappa shape index (κ1) is 19.2. The number of hydrogen-bond donors (Lipinski definition) is 2. The van der Waals surface area contributed by atoms with E-state index in [4.69, 9.17) is 4.74 Å². The number of esters is 1. The zero-order valence-electron chi connectivity index (χ0n) is 14.8. The standard InChI is InChI=1S/C20H22N2O4/c1-14-8-10-16(11-9-14)19(24)21-13-18(23)22-17(20(25)26-2)12-15-6-4-3-5-7-15/h3-11,17H,12-13H2,1-2H3,(H,21,24)(H,22,23)/t17-/m0/s1. The molecule has 0 bridgehead atoms. The molecule has 0 saturated heterocycles. The van der Waals surface area contributed by atoms with Crippen LogP contribution in [0.15, 0.2) is 54.6 Å². The zero-order chi connectivity index (χ0) is 18.9. The Bertz CT molecular complexity index is 757. The van der Waals surface area contributed by atoms with E-state index < -0.39 is 17.9 Å². The van der Waals surface area contributed by atoms with Crippen LogP contribution in [-0.2, 0) is 20.7 Å². The second kappa shape index (κ2) is 9.36. The smallest absolute Gasteiger partial charge is 0.328 e. The van der Waals surface area contributed by atoms with Crippen LogP contribution < -0.4 is 10.6 Å². The maximum Gasteiger partial charge on any atom is 0.328 e. The van der Waals surface area contributed by atoms with Crippen molar-refractivity contribution < 1.29 is 19.1 Å². The van der Waals surface area contributed by atoms with Crippen LogP contribution in [0.2, 0.25) is 0 Å². The van der Waals surface area contributed by atoms with Crippen LogP contribution in [0, 0.1) is 6.92 Å². The van der Waals surface area contributed by atoms with Crippen molar-refractivity contribution in [3.63, 3.8) is 0 Å². The predicted molar refractivity (Wildman–Crippen MR) is 97.6 cm³/mol. The Morgan fingerprint density at radius 2 is 1.65 bits per heavy atom. The number of hydrogen-bond acceptors (Lipinski definition) is 4. The van der Waals surface area contributed by atoms with Gasteiger partial charge in [-0.05, 0) is 24.6 Å². The Hall–Kier alpha value is -3.15. The molecule has 0 aliphatic rings. The topological polar surface area (TPSA) is 84.5 Å². The molecular weight excluding hydrogens is 332 g/mol. The molecular formula is C20H22N2O4. The van der Waals surface area contributed by atoms with Crippen molar-refractivity contribution in [2.75, 3.05) is 13.7 Å². The lowest BCUT2D eigenvalue weighted by molar-refractivity contribution is -0.144. The fourth-order valence-electron chi connectivity index (χ4n) is 2.40. The lowest BCUT2D eigenvalue weighted by Crippen LogP contribution is -2.47. The molecule has 0 aliphatic carbocycles. The van der Waals surface area contributed by atoms with Gasteiger partial charge in [-0.1, -0.05) is 48.0 Å². The van der Waals surface area contributed by atoms with Crippen LogP contribution in [0.3, 0.4) is 0 Å². The highest BCUT2D eigenvalue weighted by Crippen LogP contribution is 2.05. The largest absolute Gasteiger partial charge is 0.467 e. The summed E-state index contributed by atoms with van der Waals surface area (Å²) in [5, 5.41) is 5.15. The minimum absolute atomic E-state index is 0.227. The summed E-state index contributed by atoms with van der Waals surface area (Å²) in [6.07, 6.45) is 0.311. The van der Waals surface area contributed by atoms with Crippen molar-refractivity contribution in [3.8, 4) is 0 Å². The Balaban J connectivity index is 1.91. The third kappa shape index (κ3) is 5.73.